The highest BCUT2D eigenvalue weighted by molar-refractivity contribution is 9.10. The summed E-state index contributed by atoms with van der Waals surface area (Å²) in [5.74, 6) is 0. The van der Waals surface area contributed by atoms with Crippen LogP contribution in [0.2, 0.25) is 0 Å². The molecular weight excluding hydrogens is 376 g/mol. The minimum absolute atomic E-state index is 0. The highest BCUT2D eigenvalue weighted by Gasteiger charge is 2.33. The molecule has 0 amide bonds. The summed E-state index contributed by atoms with van der Waals surface area (Å²) in [7, 11) is -3.45. The van der Waals surface area contributed by atoms with Crippen LogP contribution in [0.25, 0.3) is 0 Å². The van der Waals surface area contributed by atoms with E-state index in [9.17, 15) is 8.42 Å². The van der Waals surface area contributed by atoms with Crippen molar-refractivity contribution in [1.29, 1.82) is 0 Å². The second-order valence-corrected chi connectivity index (χ2v) is 7.80. The van der Waals surface area contributed by atoms with Gasteiger partial charge in [-0.15, -0.1) is 12.4 Å². The molecule has 120 valence electrons. The molecule has 0 spiro atoms. The molecule has 0 bridgehead atoms. The Morgan fingerprint density at radius 1 is 1.43 bits per heavy atom. The van der Waals surface area contributed by atoms with Gasteiger partial charge in [0.15, 0.2) is 0 Å². The molecule has 4 nitrogen and oxygen atoms in total. The predicted molar refractivity (Wildman–Crippen MR) is 91.6 cm³/mol. The average Bonchev–Trinajstić information content (AvgIpc) is 2.92. The lowest BCUT2D eigenvalue weighted by Gasteiger charge is -2.27. The van der Waals surface area contributed by atoms with Crippen LogP contribution >= 0.6 is 28.3 Å². The van der Waals surface area contributed by atoms with Gasteiger partial charge in [0, 0.05) is 23.6 Å². The van der Waals surface area contributed by atoms with Crippen molar-refractivity contribution in [2.24, 2.45) is 0 Å². The van der Waals surface area contributed by atoms with Crippen LogP contribution in [0, 0.1) is 6.92 Å². The SMILES string of the molecule is CCCN(C1CCNC1)S(=O)(=O)c1cccc(C)c1Br.Cl. The van der Waals surface area contributed by atoms with Crippen LogP contribution in [0.4, 0.5) is 0 Å². The smallest absolute Gasteiger partial charge is 0.244 e. The fraction of sp³-hybridized carbons (Fsp3) is 0.571. The molecule has 0 aliphatic carbocycles. The molecule has 1 aliphatic heterocycles. The van der Waals surface area contributed by atoms with Crippen molar-refractivity contribution in [2.75, 3.05) is 19.6 Å². The van der Waals surface area contributed by atoms with Gasteiger partial charge in [-0.3, -0.25) is 0 Å². The van der Waals surface area contributed by atoms with Gasteiger partial charge in [0.2, 0.25) is 10.0 Å². The Morgan fingerprint density at radius 2 is 2.14 bits per heavy atom. The summed E-state index contributed by atoms with van der Waals surface area (Å²) in [6, 6.07) is 5.44. The van der Waals surface area contributed by atoms with Gasteiger partial charge in [-0.1, -0.05) is 19.1 Å². The summed E-state index contributed by atoms with van der Waals surface area (Å²) < 4.78 is 28.2. The average molecular weight is 398 g/mol. The molecule has 7 heteroatoms. The fourth-order valence-electron chi connectivity index (χ4n) is 2.55. The van der Waals surface area contributed by atoms with Crippen molar-refractivity contribution in [3.05, 3.63) is 28.2 Å². The lowest BCUT2D eigenvalue weighted by atomic mass is 10.2. The minimum atomic E-state index is -3.45. The second kappa shape index (κ2) is 7.92. The number of aryl methyl sites for hydroxylation is 1. The van der Waals surface area contributed by atoms with Crippen LogP contribution in [0.15, 0.2) is 27.6 Å². The molecule has 1 atom stereocenters. The van der Waals surface area contributed by atoms with Crippen molar-refractivity contribution in [3.63, 3.8) is 0 Å². The molecule has 1 aliphatic rings. The molecule has 1 aromatic carbocycles. The molecule has 21 heavy (non-hydrogen) atoms. The van der Waals surface area contributed by atoms with Gasteiger partial charge in [0.25, 0.3) is 0 Å². The van der Waals surface area contributed by atoms with Gasteiger partial charge in [0.05, 0.1) is 4.90 Å². The van der Waals surface area contributed by atoms with Gasteiger partial charge in [-0.05, 0) is 53.9 Å². The summed E-state index contributed by atoms with van der Waals surface area (Å²) in [5.41, 5.74) is 0.937. The Balaban J connectivity index is 0.00000220. The van der Waals surface area contributed by atoms with E-state index in [4.69, 9.17) is 0 Å². The highest BCUT2D eigenvalue weighted by Crippen LogP contribution is 2.29. The first-order chi connectivity index (χ1) is 9.48. The minimum Gasteiger partial charge on any atom is -0.315 e. The van der Waals surface area contributed by atoms with E-state index >= 15 is 0 Å². The summed E-state index contributed by atoms with van der Waals surface area (Å²) in [4.78, 5) is 0.373. The summed E-state index contributed by atoms with van der Waals surface area (Å²) in [6.45, 7) is 6.10. The van der Waals surface area contributed by atoms with Crippen molar-refractivity contribution >= 4 is 38.4 Å². The Morgan fingerprint density at radius 3 is 2.71 bits per heavy atom. The lowest BCUT2D eigenvalue weighted by Crippen LogP contribution is -2.42. The third-order valence-electron chi connectivity index (χ3n) is 3.63. The summed E-state index contributed by atoms with van der Waals surface area (Å²) in [6.07, 6.45) is 1.70. The number of hydrogen-bond acceptors (Lipinski definition) is 3. The molecular formula is C14H22BrClN2O2S. The van der Waals surface area contributed by atoms with Crippen molar-refractivity contribution < 1.29 is 8.42 Å². The molecule has 1 saturated heterocycles. The summed E-state index contributed by atoms with van der Waals surface area (Å²) in [5, 5.41) is 3.24. The van der Waals surface area contributed by atoms with E-state index in [1.165, 1.54) is 0 Å². The summed E-state index contributed by atoms with van der Waals surface area (Å²) >= 11 is 3.42. The van der Waals surface area contributed by atoms with E-state index in [0.717, 1.165) is 31.5 Å². The molecule has 0 saturated carbocycles. The van der Waals surface area contributed by atoms with Crippen LogP contribution in [0.3, 0.4) is 0 Å². The van der Waals surface area contributed by atoms with Gasteiger partial charge < -0.3 is 5.32 Å². The largest absolute Gasteiger partial charge is 0.315 e. The number of hydrogen-bond donors (Lipinski definition) is 1. The molecule has 1 aromatic rings. The van der Waals surface area contributed by atoms with Crippen LogP contribution in [-0.2, 0) is 10.0 Å². The maximum Gasteiger partial charge on any atom is 0.244 e. The quantitative estimate of drug-likeness (QED) is 0.831. The number of rotatable bonds is 5. The van der Waals surface area contributed by atoms with Crippen LogP contribution in [0.5, 0.6) is 0 Å². The lowest BCUT2D eigenvalue weighted by molar-refractivity contribution is 0.335. The fourth-order valence-corrected chi connectivity index (χ4v) is 5.31. The second-order valence-electron chi connectivity index (χ2n) is 5.15. The number of nitrogens with zero attached hydrogens (tertiary/aromatic N) is 1. The molecule has 1 fully saturated rings. The van der Waals surface area contributed by atoms with Gasteiger partial charge in [-0.2, -0.15) is 4.31 Å². The third-order valence-corrected chi connectivity index (χ3v) is 6.94. The molecule has 1 heterocycles. The zero-order valence-corrected chi connectivity index (χ0v) is 15.5. The van der Waals surface area contributed by atoms with E-state index < -0.39 is 10.0 Å². The van der Waals surface area contributed by atoms with Crippen molar-refractivity contribution in [3.8, 4) is 0 Å². The Bertz CT molecular complexity index is 574. The first kappa shape index (κ1) is 18.9. The number of nitrogens with one attached hydrogen (secondary N) is 1. The molecule has 1 unspecified atom stereocenters. The van der Waals surface area contributed by atoms with Gasteiger partial charge >= 0.3 is 0 Å². The maximum atomic E-state index is 13.0. The number of halogens is 2. The zero-order chi connectivity index (χ0) is 14.8. The van der Waals surface area contributed by atoms with E-state index in [2.05, 4.69) is 21.2 Å². The monoisotopic (exact) mass is 396 g/mol. The third kappa shape index (κ3) is 3.99. The van der Waals surface area contributed by atoms with Crippen LogP contribution in [0.1, 0.15) is 25.3 Å². The molecule has 0 aromatic heterocycles. The Hall–Kier alpha value is -0.140. The number of benzene rings is 1. The van der Waals surface area contributed by atoms with E-state index in [-0.39, 0.29) is 18.4 Å². The van der Waals surface area contributed by atoms with Crippen LogP contribution in [-0.4, -0.2) is 38.4 Å². The highest BCUT2D eigenvalue weighted by atomic mass is 79.9. The van der Waals surface area contributed by atoms with E-state index in [1.54, 1.807) is 16.4 Å². The Labute approximate surface area is 141 Å². The number of sulfonamides is 1. The first-order valence-electron chi connectivity index (χ1n) is 6.96. The topological polar surface area (TPSA) is 49.4 Å². The maximum absolute atomic E-state index is 13.0. The standard InChI is InChI=1S/C14H21BrN2O2S.ClH/c1-3-9-17(12-7-8-16-10-12)20(18,19)13-6-4-5-11(2)14(13)15;/h4-6,12,16H,3,7-10H2,1-2H3;1H. The molecule has 2 rings (SSSR count). The normalized spacial score (nSPS) is 18.8. The van der Waals surface area contributed by atoms with Crippen molar-refractivity contribution in [2.45, 2.75) is 37.6 Å². The molecule has 0 radical (unpaired) electrons. The van der Waals surface area contributed by atoms with Gasteiger partial charge in [0.1, 0.15) is 0 Å². The Kier molecular flexibility index (Phi) is 7.13. The van der Waals surface area contributed by atoms with E-state index in [0.29, 0.717) is 15.9 Å². The predicted octanol–water partition coefficient (Wildman–Crippen LogP) is 2.94. The first-order valence-corrected chi connectivity index (χ1v) is 9.19. The van der Waals surface area contributed by atoms with Gasteiger partial charge in [-0.25, -0.2) is 8.42 Å². The van der Waals surface area contributed by atoms with E-state index in [1.807, 2.05) is 19.9 Å². The zero-order valence-electron chi connectivity index (χ0n) is 12.3. The molecule has 1 N–H and O–H groups in total. The van der Waals surface area contributed by atoms with Crippen LogP contribution < -0.4 is 5.32 Å². The van der Waals surface area contributed by atoms with Crippen molar-refractivity contribution in [1.82, 2.24) is 9.62 Å².